The van der Waals surface area contributed by atoms with Crippen LogP contribution in [0.3, 0.4) is 0 Å². The summed E-state index contributed by atoms with van der Waals surface area (Å²) >= 11 is 0. The van der Waals surface area contributed by atoms with Crippen molar-refractivity contribution in [2.75, 3.05) is 7.11 Å². The second kappa shape index (κ2) is 5.01. The normalized spacial score (nSPS) is 9.71. The molecular weight excluding hydrogens is 232 g/mol. The molecule has 0 spiro atoms. The lowest BCUT2D eigenvalue weighted by molar-refractivity contribution is -0.422. The van der Waals surface area contributed by atoms with Gasteiger partial charge in [0.2, 0.25) is 0 Å². The number of hydrogen-bond acceptors (Lipinski definition) is 6. The average molecular weight is 240 g/mol. The molecule has 0 radical (unpaired) electrons. The number of carbonyl (C=O) groups excluding carboxylic acids is 1. The topological polar surface area (TPSA) is 113 Å². The highest BCUT2D eigenvalue weighted by Gasteiger charge is 2.28. The maximum absolute atomic E-state index is 11.0. The molecule has 8 heteroatoms. The Kier molecular flexibility index (Phi) is 3.70. The highest BCUT2D eigenvalue weighted by atomic mass is 16.6. The highest BCUT2D eigenvalue weighted by molar-refractivity contribution is 5.75. The predicted molar refractivity (Wildman–Crippen MR) is 55.5 cm³/mol. The van der Waals surface area contributed by atoms with Crippen LogP contribution in [0, 0.1) is 20.2 Å². The summed E-state index contributed by atoms with van der Waals surface area (Å²) in [6.07, 6.45) is -0.380. The van der Waals surface area contributed by atoms with Gasteiger partial charge in [-0.25, -0.2) is 0 Å². The number of hydrogen-bond donors (Lipinski definition) is 0. The Labute approximate surface area is 95.1 Å². The maximum atomic E-state index is 11.0. The molecule has 0 atom stereocenters. The molecule has 0 aliphatic heterocycles. The van der Waals surface area contributed by atoms with Crippen LogP contribution < -0.4 is 0 Å². The number of rotatable bonds is 4. The molecule has 8 nitrogen and oxygen atoms in total. The summed E-state index contributed by atoms with van der Waals surface area (Å²) in [5, 5.41) is 21.4. The van der Waals surface area contributed by atoms with E-state index in [2.05, 4.69) is 4.74 Å². The molecule has 0 saturated heterocycles. The first-order chi connectivity index (χ1) is 7.97. The van der Waals surface area contributed by atoms with E-state index in [9.17, 15) is 25.0 Å². The van der Waals surface area contributed by atoms with Crippen molar-refractivity contribution in [1.82, 2.24) is 0 Å². The number of carbonyl (C=O) groups is 1. The van der Waals surface area contributed by atoms with Gasteiger partial charge in [-0.15, -0.1) is 0 Å². The van der Waals surface area contributed by atoms with E-state index in [0.29, 0.717) is 0 Å². The van der Waals surface area contributed by atoms with E-state index in [1.165, 1.54) is 12.1 Å². The van der Waals surface area contributed by atoms with Gasteiger partial charge in [0.25, 0.3) is 0 Å². The molecule has 0 fully saturated rings. The molecule has 0 aromatic heterocycles. The average Bonchev–Trinajstić information content (AvgIpc) is 2.28. The minimum atomic E-state index is -0.879. The van der Waals surface area contributed by atoms with Crippen LogP contribution in [0.2, 0.25) is 0 Å². The van der Waals surface area contributed by atoms with Gasteiger partial charge in [0.15, 0.2) is 0 Å². The van der Waals surface area contributed by atoms with E-state index < -0.39 is 27.2 Å². The van der Waals surface area contributed by atoms with E-state index in [-0.39, 0.29) is 12.0 Å². The van der Waals surface area contributed by atoms with Crippen molar-refractivity contribution < 1.29 is 19.4 Å². The zero-order valence-electron chi connectivity index (χ0n) is 8.78. The Balaban J connectivity index is 3.30. The Morgan fingerprint density at radius 2 is 1.94 bits per heavy atom. The van der Waals surface area contributed by atoms with Crippen molar-refractivity contribution >= 4 is 17.3 Å². The van der Waals surface area contributed by atoms with Crippen LogP contribution in [0.5, 0.6) is 0 Å². The van der Waals surface area contributed by atoms with Crippen LogP contribution in [0.15, 0.2) is 18.2 Å². The second-order valence-corrected chi connectivity index (χ2v) is 3.05. The third kappa shape index (κ3) is 2.74. The molecule has 1 rings (SSSR count). The number of methoxy groups -OCH3 is 1. The molecule has 1 aromatic carbocycles. The van der Waals surface area contributed by atoms with Crippen LogP contribution in [0.1, 0.15) is 5.56 Å². The number of para-hydroxylation sites is 1. The molecule has 0 amide bonds. The molecule has 0 bridgehead atoms. The number of nitrogens with zero attached hydrogens (tertiary/aromatic N) is 2. The molecule has 0 aliphatic rings. The number of nitro benzene ring substituents is 2. The van der Waals surface area contributed by atoms with Crippen LogP contribution in [-0.4, -0.2) is 22.9 Å². The van der Waals surface area contributed by atoms with Crippen molar-refractivity contribution in [3.05, 3.63) is 44.0 Å². The van der Waals surface area contributed by atoms with E-state index in [0.717, 1.165) is 13.2 Å². The quantitative estimate of drug-likeness (QED) is 0.444. The fourth-order valence-corrected chi connectivity index (χ4v) is 1.31. The van der Waals surface area contributed by atoms with Gasteiger partial charge < -0.3 is 4.74 Å². The van der Waals surface area contributed by atoms with Gasteiger partial charge in [-0.3, -0.25) is 25.0 Å². The third-order valence-electron chi connectivity index (χ3n) is 2.04. The summed E-state index contributed by atoms with van der Waals surface area (Å²) in [6, 6.07) is 3.57. The number of nitro groups is 2. The van der Waals surface area contributed by atoms with Crippen LogP contribution >= 0.6 is 0 Å². The lowest BCUT2D eigenvalue weighted by Crippen LogP contribution is -2.08. The van der Waals surface area contributed by atoms with Gasteiger partial charge in [-0.1, -0.05) is 12.1 Å². The summed E-state index contributed by atoms with van der Waals surface area (Å²) in [6.45, 7) is 0. The second-order valence-electron chi connectivity index (χ2n) is 3.05. The summed E-state index contributed by atoms with van der Waals surface area (Å²) in [4.78, 5) is 30.7. The Bertz CT molecular complexity index is 484. The first-order valence-corrected chi connectivity index (χ1v) is 4.45. The summed E-state index contributed by atoms with van der Waals surface area (Å²) in [5.74, 6) is -0.700. The van der Waals surface area contributed by atoms with Crippen molar-refractivity contribution in [2.24, 2.45) is 0 Å². The third-order valence-corrected chi connectivity index (χ3v) is 2.04. The van der Waals surface area contributed by atoms with E-state index in [4.69, 9.17) is 0 Å². The summed E-state index contributed by atoms with van der Waals surface area (Å²) in [5.41, 5.74) is -1.37. The molecule has 90 valence electrons. The van der Waals surface area contributed by atoms with E-state index >= 15 is 0 Å². The fourth-order valence-electron chi connectivity index (χ4n) is 1.31. The van der Waals surface area contributed by atoms with Crippen LogP contribution in [-0.2, 0) is 16.0 Å². The fraction of sp³-hybridized carbons (Fsp3) is 0.222. The van der Waals surface area contributed by atoms with Gasteiger partial charge in [-0.2, -0.15) is 0 Å². The monoisotopic (exact) mass is 240 g/mol. The van der Waals surface area contributed by atoms with Crippen molar-refractivity contribution in [2.45, 2.75) is 6.42 Å². The molecule has 17 heavy (non-hydrogen) atoms. The maximum Gasteiger partial charge on any atom is 0.349 e. The predicted octanol–water partition coefficient (Wildman–Crippen LogP) is 1.22. The number of esters is 1. The highest BCUT2D eigenvalue weighted by Crippen LogP contribution is 2.30. The van der Waals surface area contributed by atoms with Gasteiger partial charge in [-0.05, 0) is 0 Å². The Morgan fingerprint density at radius 3 is 2.41 bits per heavy atom. The van der Waals surface area contributed by atoms with Gasteiger partial charge >= 0.3 is 17.3 Å². The Hall–Kier alpha value is -2.51. The first-order valence-electron chi connectivity index (χ1n) is 4.45. The molecule has 0 heterocycles. The molecule has 1 aromatic rings. The van der Waals surface area contributed by atoms with Gasteiger partial charge in [0.1, 0.15) is 0 Å². The first kappa shape index (κ1) is 12.6. The molecule has 0 saturated carbocycles. The standard InChI is InChI=1S/C9H8N2O6/c1-17-8(12)5-6-3-2-4-7(10(13)14)9(6)11(15)16/h2-4H,5H2,1H3. The van der Waals surface area contributed by atoms with E-state index in [1.54, 1.807) is 0 Å². The molecule has 0 aliphatic carbocycles. The largest absolute Gasteiger partial charge is 0.469 e. The number of ether oxygens (including phenoxy) is 1. The number of benzene rings is 1. The summed E-state index contributed by atoms with van der Waals surface area (Å²) < 4.78 is 4.36. The zero-order chi connectivity index (χ0) is 13.0. The molecule has 0 N–H and O–H groups in total. The minimum absolute atomic E-state index is 0.0453. The minimum Gasteiger partial charge on any atom is -0.469 e. The van der Waals surface area contributed by atoms with Crippen molar-refractivity contribution in [3.63, 3.8) is 0 Å². The van der Waals surface area contributed by atoms with Crippen LogP contribution in [0.25, 0.3) is 0 Å². The molecular formula is C9H8N2O6. The van der Waals surface area contributed by atoms with Crippen molar-refractivity contribution in [3.8, 4) is 0 Å². The van der Waals surface area contributed by atoms with Gasteiger partial charge in [0, 0.05) is 11.6 Å². The van der Waals surface area contributed by atoms with Gasteiger partial charge in [0.05, 0.1) is 23.4 Å². The van der Waals surface area contributed by atoms with E-state index in [1.807, 2.05) is 0 Å². The lowest BCUT2D eigenvalue weighted by Gasteiger charge is -2.02. The van der Waals surface area contributed by atoms with Crippen LogP contribution in [0.4, 0.5) is 11.4 Å². The lowest BCUT2D eigenvalue weighted by atomic mass is 10.1. The zero-order valence-corrected chi connectivity index (χ0v) is 8.78. The summed E-state index contributed by atoms with van der Waals surface area (Å²) in [7, 11) is 1.13. The molecule has 0 unspecified atom stereocenters. The van der Waals surface area contributed by atoms with Crippen molar-refractivity contribution in [1.29, 1.82) is 0 Å². The SMILES string of the molecule is COC(=O)Cc1cccc([N+](=O)[O-])c1[N+](=O)[O-]. The Morgan fingerprint density at radius 1 is 1.29 bits per heavy atom. The smallest absolute Gasteiger partial charge is 0.349 e.